The van der Waals surface area contributed by atoms with Crippen LogP contribution in [0.5, 0.6) is 0 Å². The zero-order valence-electron chi connectivity index (χ0n) is 9.30. The standard InChI is InChI=1S/C11H15N3OS/c1-7(15)10-8-5-3-2-4-6-9(8)16-11(10)13-14-12/h2-6H2,1H3,(H2,12,13). The van der Waals surface area contributed by atoms with Gasteiger partial charge in [0.05, 0.1) is 5.56 Å². The molecule has 16 heavy (non-hydrogen) atoms. The Morgan fingerprint density at radius 2 is 2.12 bits per heavy atom. The Balaban J connectivity index is 2.48. The van der Waals surface area contributed by atoms with Crippen molar-refractivity contribution < 1.29 is 4.79 Å². The summed E-state index contributed by atoms with van der Waals surface area (Å²) in [5.74, 6) is 0.0746. The second kappa shape index (κ2) is 4.74. The van der Waals surface area contributed by atoms with Crippen LogP contribution in [0.1, 0.15) is 47.0 Å². The van der Waals surface area contributed by atoms with Gasteiger partial charge in [0, 0.05) is 4.88 Å². The van der Waals surface area contributed by atoms with E-state index in [-0.39, 0.29) is 5.78 Å². The molecule has 2 N–H and O–H groups in total. The molecule has 0 amide bonds. The number of hydrogen-bond acceptors (Lipinski definition) is 4. The van der Waals surface area contributed by atoms with Crippen LogP contribution in [0.3, 0.4) is 0 Å². The molecular weight excluding hydrogens is 222 g/mol. The average Bonchev–Trinajstić information content (AvgIpc) is 2.43. The molecule has 0 bridgehead atoms. The number of rotatable bonds is 3. The van der Waals surface area contributed by atoms with Gasteiger partial charge in [0.2, 0.25) is 0 Å². The molecule has 0 saturated heterocycles. The molecule has 1 aliphatic rings. The summed E-state index contributed by atoms with van der Waals surface area (Å²) in [6.45, 7) is 1.59. The number of anilines is 1. The molecule has 1 heterocycles. The molecule has 2 rings (SSSR count). The number of thiophene rings is 1. The summed E-state index contributed by atoms with van der Waals surface area (Å²) in [6, 6.07) is 0. The third-order valence-corrected chi connectivity index (χ3v) is 4.13. The monoisotopic (exact) mass is 237 g/mol. The zero-order chi connectivity index (χ0) is 11.5. The lowest BCUT2D eigenvalue weighted by molar-refractivity contribution is 0.101. The number of hydrogen-bond donors (Lipinski definition) is 2. The summed E-state index contributed by atoms with van der Waals surface area (Å²) < 4.78 is 0. The first-order valence-electron chi connectivity index (χ1n) is 5.52. The van der Waals surface area contributed by atoms with Crippen LogP contribution in [0, 0.1) is 5.53 Å². The number of carbonyl (C=O) groups excluding carboxylic acids is 1. The van der Waals surface area contributed by atoms with E-state index in [0.717, 1.165) is 29.8 Å². The molecule has 5 heteroatoms. The molecule has 0 aliphatic heterocycles. The van der Waals surface area contributed by atoms with E-state index in [2.05, 4.69) is 10.6 Å². The maximum Gasteiger partial charge on any atom is 0.163 e. The van der Waals surface area contributed by atoms with Gasteiger partial charge in [-0.25, -0.2) is 5.43 Å². The fourth-order valence-electron chi connectivity index (χ4n) is 2.24. The zero-order valence-corrected chi connectivity index (χ0v) is 10.1. The Kier molecular flexibility index (Phi) is 3.33. The van der Waals surface area contributed by atoms with Crippen molar-refractivity contribution in [2.24, 2.45) is 5.22 Å². The number of aryl methyl sites for hydroxylation is 1. The minimum absolute atomic E-state index is 0.0746. The molecule has 0 radical (unpaired) electrons. The van der Waals surface area contributed by atoms with Crippen LogP contribution in [-0.4, -0.2) is 5.78 Å². The van der Waals surface area contributed by atoms with Crippen LogP contribution in [0.15, 0.2) is 5.22 Å². The first kappa shape index (κ1) is 11.3. The van der Waals surface area contributed by atoms with Crippen molar-refractivity contribution in [3.8, 4) is 0 Å². The average molecular weight is 237 g/mol. The summed E-state index contributed by atoms with van der Waals surface area (Å²) in [6.07, 6.45) is 5.63. The highest BCUT2D eigenvalue weighted by Gasteiger charge is 2.22. The van der Waals surface area contributed by atoms with Gasteiger partial charge in [0.1, 0.15) is 5.00 Å². The Bertz CT molecular complexity index is 425. The molecule has 0 atom stereocenters. The van der Waals surface area contributed by atoms with E-state index in [1.165, 1.54) is 23.3 Å². The van der Waals surface area contributed by atoms with Gasteiger partial charge in [-0.15, -0.1) is 11.3 Å². The highest BCUT2D eigenvalue weighted by molar-refractivity contribution is 7.16. The Morgan fingerprint density at radius 3 is 2.81 bits per heavy atom. The molecule has 0 aromatic carbocycles. The van der Waals surface area contributed by atoms with Crippen molar-refractivity contribution in [1.29, 1.82) is 5.53 Å². The summed E-state index contributed by atoms with van der Waals surface area (Å²) in [7, 11) is 0. The van der Waals surface area contributed by atoms with Gasteiger partial charge in [-0.3, -0.25) is 4.79 Å². The Morgan fingerprint density at radius 1 is 1.38 bits per heavy atom. The van der Waals surface area contributed by atoms with E-state index in [9.17, 15) is 4.79 Å². The molecular formula is C11H15N3OS. The van der Waals surface area contributed by atoms with Crippen molar-refractivity contribution in [3.05, 3.63) is 16.0 Å². The second-order valence-corrected chi connectivity index (χ2v) is 5.15. The van der Waals surface area contributed by atoms with Crippen molar-refractivity contribution in [1.82, 2.24) is 0 Å². The molecule has 86 valence electrons. The first-order chi connectivity index (χ1) is 7.74. The Hall–Kier alpha value is -1.23. The maximum absolute atomic E-state index is 11.7. The predicted octanol–water partition coefficient (Wildman–Crippen LogP) is 3.58. The quantitative estimate of drug-likeness (QED) is 0.365. The highest BCUT2D eigenvalue weighted by Crippen LogP contribution is 2.37. The summed E-state index contributed by atoms with van der Waals surface area (Å²) in [5, 5.41) is 3.92. The smallest absolute Gasteiger partial charge is 0.163 e. The van der Waals surface area contributed by atoms with Gasteiger partial charge in [0.15, 0.2) is 5.78 Å². The number of carbonyl (C=O) groups is 1. The van der Waals surface area contributed by atoms with Gasteiger partial charge in [-0.1, -0.05) is 11.6 Å². The minimum Gasteiger partial charge on any atom is -0.294 e. The lowest BCUT2D eigenvalue weighted by atomic mass is 10.0. The molecule has 1 aromatic heterocycles. The van der Waals surface area contributed by atoms with E-state index in [1.807, 2.05) is 0 Å². The van der Waals surface area contributed by atoms with E-state index in [4.69, 9.17) is 5.53 Å². The lowest BCUT2D eigenvalue weighted by Crippen LogP contribution is -2.00. The highest BCUT2D eigenvalue weighted by atomic mass is 32.1. The minimum atomic E-state index is 0.0746. The number of fused-ring (bicyclic) bond motifs is 1. The SMILES string of the molecule is CC(=O)c1c(NN=N)sc2c1CCCCC2. The van der Waals surface area contributed by atoms with Gasteiger partial charge in [0.25, 0.3) is 0 Å². The normalized spacial score (nSPS) is 15.1. The molecule has 4 nitrogen and oxygen atoms in total. The largest absolute Gasteiger partial charge is 0.294 e. The van der Waals surface area contributed by atoms with Gasteiger partial charge < -0.3 is 0 Å². The van der Waals surface area contributed by atoms with Crippen molar-refractivity contribution in [2.75, 3.05) is 5.43 Å². The fourth-order valence-corrected chi connectivity index (χ4v) is 3.53. The molecule has 1 aromatic rings. The lowest BCUT2D eigenvalue weighted by Gasteiger charge is -2.02. The fraction of sp³-hybridized carbons (Fsp3) is 0.545. The summed E-state index contributed by atoms with van der Waals surface area (Å²) in [5.41, 5.74) is 11.4. The first-order valence-corrected chi connectivity index (χ1v) is 6.33. The van der Waals surface area contributed by atoms with Gasteiger partial charge in [-0.2, -0.15) is 5.53 Å². The third kappa shape index (κ3) is 2.00. The number of nitrogens with zero attached hydrogens (tertiary/aromatic N) is 1. The van der Waals surface area contributed by atoms with Gasteiger partial charge >= 0.3 is 0 Å². The molecule has 0 saturated carbocycles. The van der Waals surface area contributed by atoms with E-state index < -0.39 is 0 Å². The predicted molar refractivity (Wildman–Crippen MR) is 64.4 cm³/mol. The number of nitrogens with one attached hydrogen (secondary N) is 2. The van der Waals surface area contributed by atoms with Crippen molar-refractivity contribution in [2.45, 2.75) is 39.0 Å². The van der Waals surface area contributed by atoms with E-state index in [0.29, 0.717) is 0 Å². The van der Waals surface area contributed by atoms with Crippen LogP contribution < -0.4 is 5.43 Å². The van der Waals surface area contributed by atoms with Crippen LogP contribution >= 0.6 is 11.3 Å². The Labute approximate surface area is 98.5 Å². The summed E-state index contributed by atoms with van der Waals surface area (Å²) in [4.78, 5) is 12.9. The topological polar surface area (TPSA) is 65.3 Å². The molecule has 0 spiro atoms. The third-order valence-electron chi connectivity index (χ3n) is 2.93. The van der Waals surface area contributed by atoms with Crippen molar-refractivity contribution in [3.63, 3.8) is 0 Å². The molecule has 0 unspecified atom stereocenters. The summed E-state index contributed by atoms with van der Waals surface area (Å²) >= 11 is 1.58. The van der Waals surface area contributed by atoms with Crippen LogP contribution in [0.4, 0.5) is 5.00 Å². The van der Waals surface area contributed by atoms with E-state index in [1.54, 1.807) is 18.3 Å². The number of ketones is 1. The van der Waals surface area contributed by atoms with Gasteiger partial charge in [-0.05, 0) is 38.2 Å². The molecule has 0 fully saturated rings. The maximum atomic E-state index is 11.7. The molecule has 1 aliphatic carbocycles. The van der Waals surface area contributed by atoms with Crippen LogP contribution in [-0.2, 0) is 12.8 Å². The van der Waals surface area contributed by atoms with Crippen molar-refractivity contribution >= 4 is 22.1 Å². The van der Waals surface area contributed by atoms with E-state index >= 15 is 0 Å². The number of Topliss-reactive ketones (excluding diaryl/α,β-unsaturated/α-hetero) is 1. The van der Waals surface area contributed by atoms with Crippen LogP contribution in [0.25, 0.3) is 0 Å². The van der Waals surface area contributed by atoms with Crippen LogP contribution in [0.2, 0.25) is 0 Å². The second-order valence-electron chi connectivity index (χ2n) is 4.05.